The first-order valence-electron chi connectivity index (χ1n) is 3.30. The Kier molecular flexibility index (Phi) is 2.45. The molecule has 0 saturated carbocycles. The molecule has 3 nitrogen and oxygen atoms in total. The lowest BCUT2D eigenvalue weighted by molar-refractivity contribution is 1.22. The molecule has 0 fully saturated rings. The number of benzene rings is 1. The molecule has 12 heavy (non-hydrogen) atoms. The quantitative estimate of drug-likeness (QED) is 0.669. The molecular formula is C8H7ClN2O. The Bertz CT molecular complexity index is 438. The Labute approximate surface area is 74.9 Å². The van der Waals surface area contributed by atoms with Gasteiger partial charge in [-0.1, -0.05) is 12.1 Å². The molecule has 0 saturated heterocycles. The largest absolute Gasteiger partial charge is 0.319 e. The van der Waals surface area contributed by atoms with Crippen LogP contribution in [0.4, 0.5) is 0 Å². The van der Waals surface area contributed by atoms with Crippen molar-refractivity contribution in [3.8, 4) is 0 Å². The highest BCUT2D eigenvalue weighted by atomic mass is 35.5. The third-order valence-corrected chi connectivity index (χ3v) is 1.48. The molecule has 0 amide bonds. The van der Waals surface area contributed by atoms with Crippen molar-refractivity contribution in [1.82, 2.24) is 9.97 Å². The highest BCUT2D eigenvalue weighted by Crippen LogP contribution is 2.02. The minimum absolute atomic E-state index is 0. The number of hydrogen-bond donors (Lipinski definition) is 1. The average molecular weight is 183 g/mol. The lowest BCUT2D eigenvalue weighted by Gasteiger charge is -1.92. The Morgan fingerprint density at radius 3 is 2.83 bits per heavy atom. The summed E-state index contributed by atoms with van der Waals surface area (Å²) in [6.45, 7) is 0. The van der Waals surface area contributed by atoms with Crippen molar-refractivity contribution in [1.29, 1.82) is 0 Å². The molecule has 2 aromatic rings. The molecule has 0 bridgehead atoms. The monoisotopic (exact) mass is 182 g/mol. The predicted molar refractivity (Wildman–Crippen MR) is 49.6 cm³/mol. The lowest BCUT2D eigenvalue weighted by Crippen LogP contribution is -2.04. The second kappa shape index (κ2) is 3.36. The highest BCUT2D eigenvalue weighted by molar-refractivity contribution is 5.85. The van der Waals surface area contributed by atoms with Crippen LogP contribution in [-0.4, -0.2) is 9.97 Å². The van der Waals surface area contributed by atoms with E-state index in [1.807, 2.05) is 24.3 Å². The SMILES string of the molecule is Cl.O=c1cnc2ccccc2[nH]1. The summed E-state index contributed by atoms with van der Waals surface area (Å²) in [7, 11) is 0. The van der Waals surface area contributed by atoms with E-state index >= 15 is 0 Å². The number of nitrogens with zero attached hydrogens (tertiary/aromatic N) is 1. The molecule has 0 atom stereocenters. The van der Waals surface area contributed by atoms with Crippen molar-refractivity contribution >= 4 is 23.4 Å². The Morgan fingerprint density at radius 1 is 1.25 bits per heavy atom. The molecule has 0 aliphatic carbocycles. The second-order valence-electron chi connectivity index (χ2n) is 2.26. The van der Waals surface area contributed by atoms with E-state index in [0.717, 1.165) is 11.0 Å². The molecule has 1 aromatic heterocycles. The van der Waals surface area contributed by atoms with E-state index in [1.54, 1.807) is 0 Å². The maximum Gasteiger partial charge on any atom is 0.266 e. The number of hydrogen-bond acceptors (Lipinski definition) is 2. The van der Waals surface area contributed by atoms with Crippen LogP contribution in [0.1, 0.15) is 0 Å². The van der Waals surface area contributed by atoms with Crippen LogP contribution in [0.15, 0.2) is 35.3 Å². The van der Waals surface area contributed by atoms with Gasteiger partial charge in [-0.2, -0.15) is 0 Å². The van der Waals surface area contributed by atoms with Crippen molar-refractivity contribution in [2.45, 2.75) is 0 Å². The maximum absolute atomic E-state index is 10.8. The number of nitrogens with one attached hydrogen (secondary N) is 1. The molecule has 1 N–H and O–H groups in total. The molecule has 2 rings (SSSR count). The van der Waals surface area contributed by atoms with Crippen LogP contribution in [-0.2, 0) is 0 Å². The van der Waals surface area contributed by atoms with Gasteiger partial charge >= 0.3 is 0 Å². The number of fused-ring (bicyclic) bond motifs is 1. The van der Waals surface area contributed by atoms with Crippen LogP contribution in [0.2, 0.25) is 0 Å². The van der Waals surface area contributed by atoms with E-state index in [4.69, 9.17) is 0 Å². The summed E-state index contributed by atoms with van der Waals surface area (Å²) < 4.78 is 0. The summed E-state index contributed by atoms with van der Waals surface area (Å²) in [6.07, 6.45) is 1.28. The molecule has 62 valence electrons. The zero-order valence-electron chi connectivity index (χ0n) is 6.15. The van der Waals surface area contributed by atoms with Gasteiger partial charge in [0.25, 0.3) is 5.56 Å². The highest BCUT2D eigenvalue weighted by Gasteiger charge is 1.90. The number of aromatic nitrogens is 2. The van der Waals surface area contributed by atoms with Gasteiger partial charge in [-0.3, -0.25) is 4.79 Å². The molecule has 0 unspecified atom stereocenters. The second-order valence-corrected chi connectivity index (χ2v) is 2.26. The Hall–Kier alpha value is -1.35. The standard InChI is InChI=1S/C8H6N2O.ClH/c11-8-5-9-6-3-1-2-4-7(6)10-8;/h1-5H,(H,10,11);1H. The molecular weight excluding hydrogens is 176 g/mol. The van der Waals surface area contributed by atoms with E-state index < -0.39 is 0 Å². The molecule has 0 radical (unpaired) electrons. The van der Waals surface area contributed by atoms with E-state index in [1.165, 1.54) is 6.20 Å². The fraction of sp³-hybridized carbons (Fsp3) is 0. The topological polar surface area (TPSA) is 45.8 Å². The summed E-state index contributed by atoms with van der Waals surface area (Å²) in [5.74, 6) is 0. The summed E-state index contributed by atoms with van der Waals surface area (Å²) in [6, 6.07) is 7.42. The Morgan fingerprint density at radius 2 is 2.00 bits per heavy atom. The minimum atomic E-state index is -0.163. The number of rotatable bonds is 0. The van der Waals surface area contributed by atoms with Crippen molar-refractivity contribution in [3.05, 3.63) is 40.8 Å². The van der Waals surface area contributed by atoms with Crippen LogP contribution < -0.4 is 5.56 Å². The van der Waals surface area contributed by atoms with Gasteiger partial charge < -0.3 is 4.98 Å². The smallest absolute Gasteiger partial charge is 0.266 e. The molecule has 0 aliphatic rings. The number of halogens is 1. The first-order chi connectivity index (χ1) is 5.36. The van der Waals surface area contributed by atoms with Crippen molar-refractivity contribution < 1.29 is 0 Å². The molecule has 0 spiro atoms. The van der Waals surface area contributed by atoms with Gasteiger partial charge in [-0.05, 0) is 12.1 Å². The van der Waals surface area contributed by atoms with Gasteiger partial charge in [0.15, 0.2) is 0 Å². The first-order valence-corrected chi connectivity index (χ1v) is 3.30. The number of para-hydroxylation sites is 2. The van der Waals surface area contributed by atoms with E-state index in [9.17, 15) is 4.79 Å². The summed E-state index contributed by atoms with van der Waals surface area (Å²) in [5, 5.41) is 0. The van der Waals surface area contributed by atoms with Crippen LogP contribution in [0.25, 0.3) is 11.0 Å². The Balaban J connectivity index is 0.000000720. The van der Waals surface area contributed by atoms with Crippen molar-refractivity contribution in [2.24, 2.45) is 0 Å². The van der Waals surface area contributed by atoms with Crippen LogP contribution in [0, 0.1) is 0 Å². The number of H-pyrrole nitrogens is 1. The average Bonchev–Trinajstić information content (AvgIpc) is 2.04. The summed E-state index contributed by atoms with van der Waals surface area (Å²) in [4.78, 5) is 17.4. The van der Waals surface area contributed by atoms with Gasteiger partial charge in [0.05, 0.1) is 17.2 Å². The van der Waals surface area contributed by atoms with Crippen LogP contribution in [0.5, 0.6) is 0 Å². The zero-order valence-corrected chi connectivity index (χ0v) is 6.97. The van der Waals surface area contributed by atoms with Gasteiger partial charge in [0, 0.05) is 0 Å². The van der Waals surface area contributed by atoms with Crippen LogP contribution >= 0.6 is 12.4 Å². The van der Waals surface area contributed by atoms with Gasteiger partial charge in [0.1, 0.15) is 0 Å². The first kappa shape index (κ1) is 8.74. The third kappa shape index (κ3) is 1.46. The summed E-state index contributed by atoms with van der Waals surface area (Å²) in [5.41, 5.74) is 1.43. The van der Waals surface area contributed by atoms with E-state index in [2.05, 4.69) is 9.97 Å². The van der Waals surface area contributed by atoms with Crippen LogP contribution in [0.3, 0.4) is 0 Å². The van der Waals surface area contributed by atoms with Crippen molar-refractivity contribution in [2.75, 3.05) is 0 Å². The summed E-state index contributed by atoms with van der Waals surface area (Å²) >= 11 is 0. The maximum atomic E-state index is 10.8. The molecule has 4 heteroatoms. The zero-order chi connectivity index (χ0) is 7.68. The predicted octanol–water partition coefficient (Wildman–Crippen LogP) is 1.34. The van der Waals surface area contributed by atoms with E-state index in [0.29, 0.717) is 0 Å². The number of aromatic amines is 1. The normalized spacial score (nSPS) is 9.33. The minimum Gasteiger partial charge on any atom is -0.319 e. The van der Waals surface area contributed by atoms with Gasteiger partial charge in [-0.25, -0.2) is 4.98 Å². The van der Waals surface area contributed by atoms with Gasteiger partial charge in [0.2, 0.25) is 0 Å². The molecule has 0 aliphatic heterocycles. The molecule has 1 aromatic carbocycles. The fourth-order valence-corrected chi connectivity index (χ4v) is 0.985. The lowest BCUT2D eigenvalue weighted by atomic mass is 10.3. The van der Waals surface area contributed by atoms with E-state index in [-0.39, 0.29) is 18.0 Å². The van der Waals surface area contributed by atoms with Gasteiger partial charge in [-0.15, -0.1) is 12.4 Å². The fourth-order valence-electron chi connectivity index (χ4n) is 0.985. The third-order valence-electron chi connectivity index (χ3n) is 1.48. The molecule has 1 heterocycles. The van der Waals surface area contributed by atoms with Crippen molar-refractivity contribution in [3.63, 3.8) is 0 Å².